The Bertz CT molecular complexity index is 503. The molecule has 0 amide bonds. The number of benzene rings is 1. The molecule has 24 heavy (non-hydrogen) atoms. The molecule has 3 nitrogen and oxygen atoms in total. The van der Waals surface area contributed by atoms with Crippen LogP contribution in [0.5, 0.6) is 0 Å². The summed E-state index contributed by atoms with van der Waals surface area (Å²) in [6.45, 7) is 1.22. The maximum atomic E-state index is 10.9. The van der Waals surface area contributed by atoms with Gasteiger partial charge in [-0.3, -0.25) is 0 Å². The van der Waals surface area contributed by atoms with Gasteiger partial charge in [-0.05, 0) is 42.8 Å². The van der Waals surface area contributed by atoms with Gasteiger partial charge in [0, 0.05) is 6.42 Å². The Balaban J connectivity index is 1.58. The SMILES string of the molecule is O=CC[C@@H]1CCC2(C[C@@H](COCc3ccccc3)O1)SCCCS2. The van der Waals surface area contributed by atoms with Crippen molar-refractivity contribution in [3.8, 4) is 0 Å². The zero-order valence-electron chi connectivity index (χ0n) is 14.0. The zero-order valence-corrected chi connectivity index (χ0v) is 15.7. The fourth-order valence-electron chi connectivity index (χ4n) is 3.36. The number of carbonyl (C=O) groups is 1. The van der Waals surface area contributed by atoms with Crippen molar-refractivity contribution in [1.82, 2.24) is 0 Å². The average molecular weight is 367 g/mol. The molecule has 1 aromatic carbocycles. The summed E-state index contributed by atoms with van der Waals surface area (Å²) in [5.74, 6) is 2.48. The Morgan fingerprint density at radius 1 is 1.21 bits per heavy atom. The summed E-state index contributed by atoms with van der Waals surface area (Å²) < 4.78 is 12.4. The number of carbonyl (C=O) groups excluding carboxylic acids is 1. The van der Waals surface area contributed by atoms with E-state index in [9.17, 15) is 4.79 Å². The van der Waals surface area contributed by atoms with Crippen molar-refractivity contribution >= 4 is 29.8 Å². The molecule has 3 rings (SSSR count). The Labute approximate surface area is 153 Å². The fourth-order valence-corrected chi connectivity index (χ4v) is 6.83. The molecule has 1 spiro atoms. The minimum Gasteiger partial charge on any atom is -0.374 e. The highest BCUT2D eigenvalue weighted by molar-refractivity contribution is 8.18. The molecule has 0 aliphatic carbocycles. The third-order valence-corrected chi connectivity index (χ3v) is 8.05. The second-order valence-corrected chi connectivity index (χ2v) is 9.70. The van der Waals surface area contributed by atoms with Gasteiger partial charge in [0.15, 0.2) is 0 Å². The summed E-state index contributed by atoms with van der Waals surface area (Å²) >= 11 is 4.19. The first kappa shape index (κ1) is 18.3. The molecule has 2 aliphatic heterocycles. The van der Waals surface area contributed by atoms with Gasteiger partial charge < -0.3 is 14.3 Å². The molecular weight excluding hydrogens is 340 g/mol. The topological polar surface area (TPSA) is 35.5 Å². The lowest BCUT2D eigenvalue weighted by Crippen LogP contribution is -2.32. The van der Waals surface area contributed by atoms with E-state index in [1.54, 1.807) is 0 Å². The van der Waals surface area contributed by atoms with Gasteiger partial charge in [-0.2, -0.15) is 0 Å². The number of hydrogen-bond donors (Lipinski definition) is 0. The molecule has 5 heteroatoms. The summed E-state index contributed by atoms with van der Waals surface area (Å²) in [7, 11) is 0. The van der Waals surface area contributed by atoms with Gasteiger partial charge in [0.2, 0.25) is 0 Å². The lowest BCUT2D eigenvalue weighted by atomic mass is 10.1. The van der Waals surface area contributed by atoms with Gasteiger partial charge in [-0.25, -0.2) is 0 Å². The third-order valence-electron chi connectivity index (χ3n) is 4.56. The standard InChI is InChI=1S/C19H26O3S2/c20-10-8-17-7-9-19(23-11-4-12-24-19)13-18(22-17)15-21-14-16-5-2-1-3-6-16/h1-3,5-6,10,17-18H,4,7-9,11-15H2/t17-,18-/m0/s1. The molecule has 0 bridgehead atoms. The summed E-state index contributed by atoms with van der Waals surface area (Å²) in [4.78, 5) is 10.9. The average Bonchev–Trinajstić information content (AvgIpc) is 2.77. The predicted molar refractivity (Wildman–Crippen MR) is 102 cm³/mol. The predicted octanol–water partition coefficient (Wildman–Crippen LogP) is 4.30. The fraction of sp³-hybridized carbons (Fsp3) is 0.632. The normalized spacial score (nSPS) is 26.8. The molecule has 2 aliphatic rings. The molecule has 132 valence electrons. The van der Waals surface area contributed by atoms with Crippen molar-refractivity contribution in [2.75, 3.05) is 18.1 Å². The van der Waals surface area contributed by atoms with Crippen LogP contribution in [0.15, 0.2) is 30.3 Å². The first-order chi connectivity index (χ1) is 11.8. The first-order valence-corrected chi connectivity index (χ1v) is 10.8. The van der Waals surface area contributed by atoms with E-state index in [1.165, 1.54) is 23.5 Å². The second-order valence-electron chi connectivity index (χ2n) is 6.49. The highest BCUT2D eigenvalue weighted by Crippen LogP contribution is 2.50. The van der Waals surface area contributed by atoms with E-state index in [-0.39, 0.29) is 16.3 Å². The van der Waals surface area contributed by atoms with E-state index in [1.807, 2.05) is 18.2 Å². The molecule has 2 atom stereocenters. The van der Waals surface area contributed by atoms with Crippen LogP contribution in [-0.2, 0) is 20.9 Å². The smallest absolute Gasteiger partial charge is 0.122 e. The van der Waals surface area contributed by atoms with Crippen LogP contribution in [0.1, 0.15) is 37.7 Å². The second kappa shape index (κ2) is 9.27. The van der Waals surface area contributed by atoms with E-state index in [4.69, 9.17) is 9.47 Å². The van der Waals surface area contributed by atoms with Gasteiger partial charge in [0.05, 0.1) is 29.5 Å². The number of hydrogen-bond acceptors (Lipinski definition) is 5. The summed E-state index contributed by atoms with van der Waals surface area (Å²) in [5, 5.41) is 0. The van der Waals surface area contributed by atoms with Gasteiger partial charge in [-0.1, -0.05) is 30.3 Å². The molecule has 0 aromatic heterocycles. The molecule has 0 radical (unpaired) electrons. The van der Waals surface area contributed by atoms with E-state index in [2.05, 4.69) is 35.7 Å². The van der Waals surface area contributed by atoms with Crippen LogP contribution < -0.4 is 0 Å². The maximum absolute atomic E-state index is 10.9. The molecule has 2 saturated heterocycles. The zero-order chi connectivity index (χ0) is 16.7. The van der Waals surface area contributed by atoms with Crippen molar-refractivity contribution in [3.63, 3.8) is 0 Å². The van der Waals surface area contributed by atoms with Crippen LogP contribution in [0.25, 0.3) is 0 Å². The van der Waals surface area contributed by atoms with Crippen molar-refractivity contribution in [2.45, 2.75) is 55.0 Å². The molecule has 0 saturated carbocycles. The number of rotatable bonds is 6. The van der Waals surface area contributed by atoms with E-state index in [0.29, 0.717) is 19.6 Å². The molecule has 1 aromatic rings. The highest BCUT2D eigenvalue weighted by Gasteiger charge is 2.40. The Morgan fingerprint density at radius 2 is 2.00 bits per heavy atom. The van der Waals surface area contributed by atoms with E-state index < -0.39 is 0 Å². The Morgan fingerprint density at radius 3 is 2.75 bits per heavy atom. The van der Waals surface area contributed by atoms with Crippen molar-refractivity contribution < 1.29 is 14.3 Å². The first-order valence-electron chi connectivity index (χ1n) is 8.78. The number of thioether (sulfide) groups is 2. The van der Waals surface area contributed by atoms with Gasteiger partial charge in [0.25, 0.3) is 0 Å². The van der Waals surface area contributed by atoms with Crippen LogP contribution in [0.3, 0.4) is 0 Å². The van der Waals surface area contributed by atoms with Crippen LogP contribution in [0.4, 0.5) is 0 Å². The van der Waals surface area contributed by atoms with Crippen molar-refractivity contribution in [1.29, 1.82) is 0 Å². The number of ether oxygens (including phenoxy) is 2. The number of aldehydes is 1. The Hall–Kier alpha value is -0.490. The largest absolute Gasteiger partial charge is 0.374 e. The van der Waals surface area contributed by atoms with Gasteiger partial charge >= 0.3 is 0 Å². The quantitative estimate of drug-likeness (QED) is 0.702. The van der Waals surface area contributed by atoms with Gasteiger partial charge in [0.1, 0.15) is 6.29 Å². The van der Waals surface area contributed by atoms with Crippen molar-refractivity contribution in [2.24, 2.45) is 0 Å². The van der Waals surface area contributed by atoms with Crippen LogP contribution in [0.2, 0.25) is 0 Å². The third kappa shape index (κ3) is 5.25. The molecule has 2 heterocycles. The minimum atomic E-state index is 0.0512. The van der Waals surface area contributed by atoms with Crippen LogP contribution in [-0.4, -0.2) is 40.7 Å². The lowest BCUT2D eigenvalue weighted by Gasteiger charge is -2.36. The van der Waals surface area contributed by atoms with E-state index >= 15 is 0 Å². The Kier molecular flexibility index (Phi) is 7.07. The van der Waals surface area contributed by atoms with Crippen LogP contribution >= 0.6 is 23.5 Å². The lowest BCUT2D eigenvalue weighted by molar-refractivity contribution is -0.113. The van der Waals surface area contributed by atoms with Crippen LogP contribution in [0, 0.1) is 0 Å². The summed E-state index contributed by atoms with van der Waals surface area (Å²) in [6, 6.07) is 10.2. The summed E-state index contributed by atoms with van der Waals surface area (Å²) in [5.41, 5.74) is 1.19. The molecule has 0 N–H and O–H groups in total. The minimum absolute atomic E-state index is 0.0512. The maximum Gasteiger partial charge on any atom is 0.122 e. The molecule has 0 unspecified atom stereocenters. The van der Waals surface area contributed by atoms with Crippen molar-refractivity contribution in [3.05, 3.63) is 35.9 Å². The molecule has 2 fully saturated rings. The summed E-state index contributed by atoms with van der Waals surface area (Å²) in [6.07, 6.45) is 6.06. The van der Waals surface area contributed by atoms with E-state index in [0.717, 1.165) is 25.5 Å². The highest BCUT2D eigenvalue weighted by atomic mass is 32.2. The molecular formula is C19H26O3S2. The van der Waals surface area contributed by atoms with Gasteiger partial charge in [-0.15, -0.1) is 23.5 Å². The monoisotopic (exact) mass is 366 g/mol.